The van der Waals surface area contributed by atoms with Crippen molar-refractivity contribution in [3.63, 3.8) is 0 Å². The van der Waals surface area contributed by atoms with Gasteiger partial charge in [0, 0.05) is 38.6 Å². The molecule has 0 saturated carbocycles. The number of aromatic nitrogens is 1. The van der Waals surface area contributed by atoms with Crippen LogP contribution >= 0.6 is 0 Å². The van der Waals surface area contributed by atoms with Gasteiger partial charge in [-0.2, -0.15) is 0 Å². The van der Waals surface area contributed by atoms with Crippen molar-refractivity contribution in [1.82, 2.24) is 4.57 Å². The van der Waals surface area contributed by atoms with E-state index >= 15 is 0 Å². The molecule has 242 valence electrons. The normalized spacial score (nSPS) is 13.1. The molecule has 0 fully saturated rings. The van der Waals surface area contributed by atoms with Gasteiger partial charge in [-0.3, -0.25) is 0 Å². The van der Waals surface area contributed by atoms with Gasteiger partial charge in [-0.25, -0.2) is 0 Å². The summed E-state index contributed by atoms with van der Waals surface area (Å²) in [6, 6.07) is 63.3. The van der Waals surface area contributed by atoms with Crippen LogP contribution in [0.25, 0.3) is 71.6 Å². The van der Waals surface area contributed by atoms with E-state index in [1.54, 1.807) is 0 Å². The SMILES string of the molecule is CC1(C)c2ccccc2-c2ccccc21.c1ccc2c(c1)-c1cccc3c(Nc4ccc(-n5c6ccccc6c6ccccc65)cc4)ccc-2c13. The summed E-state index contributed by atoms with van der Waals surface area (Å²) in [7, 11) is 0. The maximum absolute atomic E-state index is 3.69. The second-order valence-electron chi connectivity index (χ2n) is 14.2. The zero-order chi connectivity index (χ0) is 34.1. The molecule has 0 spiro atoms. The van der Waals surface area contributed by atoms with Crippen LogP contribution in [0.5, 0.6) is 0 Å². The maximum Gasteiger partial charge on any atom is 0.0541 e. The third-order valence-electron chi connectivity index (χ3n) is 11.0. The third kappa shape index (κ3) is 4.50. The van der Waals surface area contributed by atoms with Gasteiger partial charge in [0.2, 0.25) is 0 Å². The number of nitrogens with one attached hydrogen (secondary N) is 1. The summed E-state index contributed by atoms with van der Waals surface area (Å²) in [5, 5.41) is 8.85. The van der Waals surface area contributed by atoms with Crippen molar-refractivity contribution in [2.24, 2.45) is 0 Å². The lowest BCUT2D eigenvalue weighted by Gasteiger charge is -2.20. The van der Waals surface area contributed by atoms with Gasteiger partial charge in [-0.15, -0.1) is 0 Å². The van der Waals surface area contributed by atoms with Crippen molar-refractivity contribution in [2.75, 3.05) is 5.32 Å². The van der Waals surface area contributed by atoms with Crippen molar-refractivity contribution >= 4 is 44.0 Å². The highest BCUT2D eigenvalue weighted by molar-refractivity contribution is 6.18. The molecule has 2 aliphatic rings. The van der Waals surface area contributed by atoms with Gasteiger partial charge in [0.05, 0.1) is 11.0 Å². The van der Waals surface area contributed by atoms with Gasteiger partial charge < -0.3 is 9.88 Å². The van der Waals surface area contributed by atoms with Crippen LogP contribution in [0.4, 0.5) is 11.4 Å². The quantitative estimate of drug-likeness (QED) is 0.201. The van der Waals surface area contributed by atoms with Crippen molar-refractivity contribution in [1.29, 1.82) is 0 Å². The van der Waals surface area contributed by atoms with Crippen molar-refractivity contribution in [3.05, 3.63) is 187 Å². The number of rotatable bonds is 3. The second kappa shape index (κ2) is 11.3. The molecule has 1 aromatic heterocycles. The van der Waals surface area contributed by atoms with Gasteiger partial charge in [-0.1, -0.05) is 147 Å². The minimum atomic E-state index is 0.160. The topological polar surface area (TPSA) is 17.0 Å². The molecule has 0 bridgehead atoms. The van der Waals surface area contributed by atoms with E-state index in [0.29, 0.717) is 0 Å². The fourth-order valence-corrected chi connectivity index (χ4v) is 8.64. The number of anilines is 2. The first-order chi connectivity index (χ1) is 25.1. The van der Waals surface area contributed by atoms with E-state index in [4.69, 9.17) is 0 Å². The van der Waals surface area contributed by atoms with Crippen LogP contribution < -0.4 is 5.32 Å². The van der Waals surface area contributed by atoms with E-state index in [0.717, 1.165) is 17.1 Å². The van der Waals surface area contributed by atoms with Crippen LogP contribution in [-0.4, -0.2) is 4.57 Å². The highest BCUT2D eigenvalue weighted by Gasteiger charge is 2.34. The molecule has 0 aliphatic heterocycles. The van der Waals surface area contributed by atoms with E-state index in [2.05, 4.69) is 200 Å². The summed E-state index contributed by atoms with van der Waals surface area (Å²) in [6.45, 7) is 4.61. The molecule has 0 saturated heterocycles. The Morgan fingerprint density at radius 2 is 0.863 bits per heavy atom. The highest BCUT2D eigenvalue weighted by atomic mass is 15.0. The average molecular weight is 653 g/mol. The van der Waals surface area contributed by atoms with Crippen molar-refractivity contribution < 1.29 is 0 Å². The first-order valence-corrected chi connectivity index (χ1v) is 17.8. The van der Waals surface area contributed by atoms with Gasteiger partial charge in [0.25, 0.3) is 0 Å². The number of benzene rings is 8. The Morgan fingerprint density at radius 1 is 0.392 bits per heavy atom. The van der Waals surface area contributed by atoms with Gasteiger partial charge in [0.1, 0.15) is 0 Å². The van der Waals surface area contributed by atoms with Crippen molar-refractivity contribution in [2.45, 2.75) is 19.3 Å². The van der Waals surface area contributed by atoms with Crippen LogP contribution in [0.1, 0.15) is 25.0 Å². The third-order valence-corrected chi connectivity index (χ3v) is 11.0. The van der Waals surface area contributed by atoms with Crippen LogP contribution in [-0.2, 0) is 5.41 Å². The number of para-hydroxylation sites is 2. The molecule has 9 aromatic rings. The van der Waals surface area contributed by atoms with E-state index in [-0.39, 0.29) is 5.41 Å². The van der Waals surface area contributed by atoms with Crippen LogP contribution in [0.2, 0.25) is 0 Å². The van der Waals surface area contributed by atoms with E-state index in [9.17, 15) is 0 Å². The van der Waals surface area contributed by atoms with Gasteiger partial charge in [0.15, 0.2) is 0 Å². The molecule has 0 atom stereocenters. The zero-order valence-electron chi connectivity index (χ0n) is 28.7. The Morgan fingerprint density at radius 3 is 1.47 bits per heavy atom. The average Bonchev–Trinajstić information content (AvgIpc) is 3.78. The Balaban J connectivity index is 0.000000182. The molecule has 1 N–H and O–H groups in total. The summed E-state index contributed by atoms with van der Waals surface area (Å²) in [5.74, 6) is 0. The van der Waals surface area contributed by atoms with Crippen molar-refractivity contribution in [3.8, 4) is 39.1 Å². The molecular formula is C49H36N2. The predicted octanol–water partition coefficient (Wildman–Crippen LogP) is 13.3. The van der Waals surface area contributed by atoms with E-state index in [1.165, 1.54) is 77.1 Å². The monoisotopic (exact) mass is 652 g/mol. The molecule has 0 amide bonds. The number of nitrogens with zero attached hydrogens (tertiary/aromatic N) is 1. The Kier molecular flexibility index (Phi) is 6.56. The summed E-state index contributed by atoms with van der Waals surface area (Å²) in [6.07, 6.45) is 0. The summed E-state index contributed by atoms with van der Waals surface area (Å²) in [5.41, 5.74) is 17.0. The lowest BCUT2D eigenvalue weighted by molar-refractivity contribution is 0.660. The molecule has 2 heteroatoms. The molecule has 2 nitrogen and oxygen atoms in total. The lowest BCUT2D eigenvalue weighted by Crippen LogP contribution is -2.14. The Hall–Kier alpha value is -6.38. The van der Waals surface area contributed by atoms with Gasteiger partial charge in [-0.05, 0) is 92.4 Å². The maximum atomic E-state index is 3.69. The smallest absolute Gasteiger partial charge is 0.0541 e. The summed E-state index contributed by atoms with van der Waals surface area (Å²) >= 11 is 0. The van der Waals surface area contributed by atoms with Crippen LogP contribution in [0, 0.1) is 0 Å². The Labute approximate surface area is 298 Å². The zero-order valence-corrected chi connectivity index (χ0v) is 28.7. The predicted molar refractivity (Wildman–Crippen MR) is 216 cm³/mol. The molecule has 8 aromatic carbocycles. The van der Waals surface area contributed by atoms with Crippen LogP contribution in [0.15, 0.2) is 176 Å². The first-order valence-electron chi connectivity index (χ1n) is 17.8. The number of hydrogen-bond donors (Lipinski definition) is 1. The van der Waals surface area contributed by atoms with Crippen LogP contribution in [0.3, 0.4) is 0 Å². The lowest BCUT2D eigenvalue weighted by atomic mass is 9.82. The summed E-state index contributed by atoms with van der Waals surface area (Å²) < 4.78 is 2.35. The minimum absolute atomic E-state index is 0.160. The minimum Gasteiger partial charge on any atom is -0.355 e. The molecule has 51 heavy (non-hydrogen) atoms. The largest absolute Gasteiger partial charge is 0.355 e. The number of hydrogen-bond acceptors (Lipinski definition) is 1. The van der Waals surface area contributed by atoms with E-state index < -0.39 is 0 Å². The number of fused-ring (bicyclic) bond motifs is 9. The fourth-order valence-electron chi connectivity index (χ4n) is 8.64. The molecule has 0 unspecified atom stereocenters. The highest BCUT2D eigenvalue weighted by Crippen LogP contribution is 2.49. The molecule has 0 radical (unpaired) electrons. The Bertz CT molecular complexity index is 2670. The van der Waals surface area contributed by atoms with Gasteiger partial charge >= 0.3 is 0 Å². The molecule has 2 aliphatic carbocycles. The summed E-state index contributed by atoms with van der Waals surface area (Å²) in [4.78, 5) is 0. The second-order valence-corrected chi connectivity index (χ2v) is 14.2. The molecule has 11 rings (SSSR count). The van der Waals surface area contributed by atoms with E-state index in [1.807, 2.05) is 0 Å². The fraction of sp³-hybridized carbons (Fsp3) is 0.0612. The molecular weight excluding hydrogens is 617 g/mol. The first kappa shape index (κ1) is 29.5. The molecule has 1 heterocycles. The standard InChI is InChI=1S/C34H22N2.C15H14/c1-2-9-25-24(8-1)28-12-7-13-30-31(21-20-29(25)34(28)30)35-22-16-18-23(19-17-22)36-32-14-5-3-10-26(32)27-11-4-6-15-33(27)36;1-15(2)13-9-5-3-7-11(13)12-8-4-6-10-14(12)15/h1-21,35H;3-10H,1-2H3.